The van der Waals surface area contributed by atoms with Gasteiger partial charge in [0.05, 0.1) is 13.2 Å². The zero-order valence-corrected chi connectivity index (χ0v) is 5.76. The van der Waals surface area contributed by atoms with Crippen LogP contribution in [0.2, 0.25) is 0 Å². The molecule has 0 spiro atoms. The second-order valence-corrected chi connectivity index (χ2v) is 1.51. The molecule has 0 aliphatic carbocycles. The zero-order valence-electron chi connectivity index (χ0n) is 5.76. The summed E-state index contributed by atoms with van der Waals surface area (Å²) in [5.74, 6) is -0.211. The van der Waals surface area contributed by atoms with Gasteiger partial charge in [-0.25, -0.2) is 5.06 Å². The van der Waals surface area contributed by atoms with Crippen molar-refractivity contribution in [1.29, 1.82) is 0 Å². The largest absolute Gasteiger partial charge is 0.322 e. The highest BCUT2D eigenvalue weighted by Gasteiger charge is 2.03. The average Bonchev–Trinajstić information content (AvgIpc) is 1.87. The maximum atomic E-state index is 10.6. The Morgan fingerprint density at radius 1 is 1.78 bits per heavy atom. The lowest BCUT2D eigenvalue weighted by atomic mass is 10.6. The lowest BCUT2D eigenvalue weighted by molar-refractivity contribution is -0.174. The van der Waals surface area contributed by atoms with E-state index in [2.05, 4.69) is 0 Å². The fourth-order valence-corrected chi connectivity index (χ4v) is 0.394. The number of nitrogens with zero attached hydrogens (tertiary/aromatic N) is 1. The normalized spacial score (nSPS) is 9.22. The maximum absolute atomic E-state index is 10.6. The van der Waals surface area contributed by atoms with Crippen LogP contribution < -0.4 is 5.73 Å². The van der Waals surface area contributed by atoms with E-state index in [4.69, 9.17) is 10.6 Å². The molecular weight excluding hydrogens is 120 g/mol. The molecule has 0 fully saturated rings. The average molecular weight is 132 g/mol. The number of nitrogens with two attached hydrogens (primary N) is 1. The van der Waals surface area contributed by atoms with Crippen molar-refractivity contribution in [3.63, 3.8) is 0 Å². The molecule has 0 aliphatic heterocycles. The van der Waals surface area contributed by atoms with Gasteiger partial charge in [-0.15, -0.1) is 0 Å². The summed E-state index contributed by atoms with van der Waals surface area (Å²) in [5.41, 5.74) is 5.03. The molecule has 4 nitrogen and oxygen atoms in total. The Hall–Kier alpha value is -0.610. The quantitative estimate of drug-likeness (QED) is 0.519. The van der Waals surface area contributed by atoms with Crippen molar-refractivity contribution >= 4 is 5.91 Å². The number of amides is 1. The first-order valence-electron chi connectivity index (χ1n) is 2.82. The first kappa shape index (κ1) is 8.39. The van der Waals surface area contributed by atoms with Crippen LogP contribution in [0.1, 0.15) is 6.92 Å². The third-order valence-electron chi connectivity index (χ3n) is 0.849. The Labute approximate surface area is 54.5 Å². The SMILES string of the molecule is CCON(C)C(=O)CN. The van der Waals surface area contributed by atoms with E-state index in [9.17, 15) is 4.79 Å². The predicted molar refractivity (Wildman–Crippen MR) is 33.5 cm³/mol. The molecule has 0 radical (unpaired) electrons. The Kier molecular flexibility index (Phi) is 4.00. The van der Waals surface area contributed by atoms with Gasteiger partial charge in [-0.2, -0.15) is 0 Å². The molecular formula is C5H12N2O2. The molecule has 0 heterocycles. The minimum atomic E-state index is -0.211. The summed E-state index contributed by atoms with van der Waals surface area (Å²) in [5, 5.41) is 1.14. The van der Waals surface area contributed by atoms with E-state index in [1.165, 1.54) is 0 Å². The van der Waals surface area contributed by atoms with Gasteiger partial charge in [-0.3, -0.25) is 9.63 Å². The van der Waals surface area contributed by atoms with Crippen LogP contribution in [0.15, 0.2) is 0 Å². The Balaban J connectivity index is 3.45. The first-order chi connectivity index (χ1) is 4.22. The van der Waals surface area contributed by atoms with Gasteiger partial charge in [-0.1, -0.05) is 0 Å². The summed E-state index contributed by atoms with van der Waals surface area (Å²) in [6.45, 7) is 2.29. The maximum Gasteiger partial charge on any atom is 0.259 e. The van der Waals surface area contributed by atoms with Gasteiger partial charge >= 0.3 is 0 Å². The third kappa shape index (κ3) is 3.05. The van der Waals surface area contributed by atoms with Crippen molar-refractivity contribution in [2.75, 3.05) is 20.2 Å². The minimum absolute atomic E-state index is 0.00347. The van der Waals surface area contributed by atoms with E-state index < -0.39 is 0 Å². The Morgan fingerprint density at radius 3 is 2.67 bits per heavy atom. The topological polar surface area (TPSA) is 55.6 Å². The summed E-state index contributed by atoms with van der Waals surface area (Å²) in [6, 6.07) is 0. The van der Waals surface area contributed by atoms with Gasteiger partial charge in [0.15, 0.2) is 0 Å². The highest BCUT2D eigenvalue weighted by molar-refractivity contribution is 5.76. The summed E-state index contributed by atoms with van der Waals surface area (Å²) in [4.78, 5) is 15.4. The fourth-order valence-electron chi connectivity index (χ4n) is 0.394. The molecule has 0 unspecified atom stereocenters. The number of likely N-dealkylation sites (N-methyl/N-ethyl adjacent to an activating group) is 1. The molecule has 2 N–H and O–H groups in total. The number of hydroxylamine groups is 2. The number of carbonyl (C=O) groups is 1. The molecule has 0 aromatic rings. The van der Waals surface area contributed by atoms with E-state index in [1.807, 2.05) is 0 Å². The van der Waals surface area contributed by atoms with Gasteiger partial charge in [-0.05, 0) is 6.92 Å². The fraction of sp³-hybridized carbons (Fsp3) is 0.800. The Bertz CT molecular complexity index is 95.0. The molecule has 0 bridgehead atoms. The molecule has 1 amide bonds. The van der Waals surface area contributed by atoms with Gasteiger partial charge < -0.3 is 5.73 Å². The minimum Gasteiger partial charge on any atom is -0.322 e. The molecule has 0 saturated carbocycles. The summed E-state index contributed by atoms with van der Waals surface area (Å²) in [7, 11) is 1.54. The van der Waals surface area contributed by atoms with Crippen LogP contribution in [0.4, 0.5) is 0 Å². The molecule has 9 heavy (non-hydrogen) atoms. The lowest BCUT2D eigenvalue weighted by Gasteiger charge is -2.13. The van der Waals surface area contributed by atoms with Crippen molar-refractivity contribution in [3.05, 3.63) is 0 Å². The number of rotatable bonds is 3. The number of hydrogen-bond acceptors (Lipinski definition) is 3. The van der Waals surface area contributed by atoms with Crippen LogP contribution >= 0.6 is 0 Å². The van der Waals surface area contributed by atoms with Crippen molar-refractivity contribution in [2.24, 2.45) is 5.73 Å². The second-order valence-electron chi connectivity index (χ2n) is 1.51. The van der Waals surface area contributed by atoms with E-state index in [1.54, 1.807) is 14.0 Å². The van der Waals surface area contributed by atoms with Crippen LogP contribution in [0.5, 0.6) is 0 Å². The van der Waals surface area contributed by atoms with E-state index in [-0.39, 0.29) is 12.5 Å². The highest BCUT2D eigenvalue weighted by atomic mass is 16.7. The van der Waals surface area contributed by atoms with Crippen LogP contribution in [0.3, 0.4) is 0 Å². The molecule has 4 heteroatoms. The molecule has 0 saturated heterocycles. The summed E-state index contributed by atoms with van der Waals surface area (Å²) in [6.07, 6.45) is 0. The number of hydrogen-bond donors (Lipinski definition) is 1. The predicted octanol–water partition coefficient (Wildman–Crippen LogP) is -0.645. The van der Waals surface area contributed by atoms with Gasteiger partial charge in [0.1, 0.15) is 0 Å². The monoisotopic (exact) mass is 132 g/mol. The van der Waals surface area contributed by atoms with Gasteiger partial charge in [0, 0.05) is 7.05 Å². The first-order valence-corrected chi connectivity index (χ1v) is 2.82. The van der Waals surface area contributed by atoms with Crippen LogP contribution in [-0.4, -0.2) is 31.2 Å². The molecule has 0 aromatic heterocycles. The van der Waals surface area contributed by atoms with E-state index in [0.717, 1.165) is 5.06 Å². The van der Waals surface area contributed by atoms with Crippen molar-refractivity contribution in [3.8, 4) is 0 Å². The van der Waals surface area contributed by atoms with Gasteiger partial charge in [0.25, 0.3) is 5.91 Å². The standard InChI is InChI=1S/C5H12N2O2/c1-3-9-7(2)5(8)4-6/h3-4,6H2,1-2H3. The smallest absolute Gasteiger partial charge is 0.259 e. The molecule has 0 rings (SSSR count). The zero-order chi connectivity index (χ0) is 7.28. The lowest BCUT2D eigenvalue weighted by Crippen LogP contribution is -2.32. The molecule has 0 aromatic carbocycles. The highest BCUT2D eigenvalue weighted by Crippen LogP contribution is 1.82. The van der Waals surface area contributed by atoms with E-state index in [0.29, 0.717) is 6.61 Å². The van der Waals surface area contributed by atoms with Crippen molar-refractivity contribution < 1.29 is 9.63 Å². The van der Waals surface area contributed by atoms with Crippen molar-refractivity contribution in [1.82, 2.24) is 5.06 Å². The Morgan fingerprint density at radius 2 is 2.33 bits per heavy atom. The van der Waals surface area contributed by atoms with Crippen molar-refractivity contribution in [2.45, 2.75) is 6.92 Å². The summed E-state index contributed by atoms with van der Waals surface area (Å²) >= 11 is 0. The van der Waals surface area contributed by atoms with Crippen LogP contribution in [-0.2, 0) is 9.63 Å². The van der Waals surface area contributed by atoms with Crippen LogP contribution in [0.25, 0.3) is 0 Å². The molecule has 54 valence electrons. The summed E-state index contributed by atoms with van der Waals surface area (Å²) < 4.78 is 0. The van der Waals surface area contributed by atoms with Crippen LogP contribution in [0, 0.1) is 0 Å². The number of carbonyl (C=O) groups excluding carboxylic acids is 1. The second kappa shape index (κ2) is 4.29. The third-order valence-corrected chi connectivity index (χ3v) is 0.849. The molecule has 0 aliphatic rings. The van der Waals surface area contributed by atoms with Gasteiger partial charge in [0.2, 0.25) is 0 Å². The molecule has 0 atom stereocenters. The van der Waals surface area contributed by atoms with E-state index >= 15 is 0 Å².